The molecule has 2 aromatic rings. The number of thiophene rings is 1. The number of halogens is 2. The van der Waals surface area contributed by atoms with Gasteiger partial charge in [-0.3, -0.25) is 4.72 Å². The van der Waals surface area contributed by atoms with E-state index in [4.69, 9.17) is 0 Å². The highest BCUT2D eigenvalue weighted by Crippen LogP contribution is 2.22. The predicted octanol–water partition coefficient (Wildman–Crippen LogP) is 2.83. The van der Waals surface area contributed by atoms with Crippen LogP contribution in [0, 0.1) is 11.6 Å². The van der Waals surface area contributed by atoms with Crippen LogP contribution in [0.4, 0.5) is 14.5 Å². The van der Waals surface area contributed by atoms with Crippen LogP contribution in [-0.2, 0) is 10.0 Å². The van der Waals surface area contributed by atoms with E-state index in [1.54, 1.807) is 11.4 Å². The van der Waals surface area contributed by atoms with Crippen molar-refractivity contribution in [3.63, 3.8) is 0 Å². The number of sulfonamides is 1. The lowest BCUT2D eigenvalue weighted by atomic mass is 10.3. The minimum atomic E-state index is -3.85. The van der Waals surface area contributed by atoms with Gasteiger partial charge in [-0.05, 0) is 23.6 Å². The predicted molar refractivity (Wildman–Crippen MR) is 61.5 cm³/mol. The van der Waals surface area contributed by atoms with Gasteiger partial charge < -0.3 is 0 Å². The Morgan fingerprint density at radius 1 is 1.18 bits per heavy atom. The summed E-state index contributed by atoms with van der Waals surface area (Å²) < 4.78 is 51.6. The quantitative estimate of drug-likeness (QED) is 0.936. The van der Waals surface area contributed by atoms with Crippen molar-refractivity contribution in [3.05, 3.63) is 47.3 Å². The zero-order chi connectivity index (χ0) is 12.5. The molecule has 0 atom stereocenters. The molecular weight excluding hydrogens is 268 g/mol. The average molecular weight is 275 g/mol. The van der Waals surface area contributed by atoms with Crippen molar-refractivity contribution in [2.75, 3.05) is 4.72 Å². The molecule has 2 rings (SSSR count). The third-order valence-corrected chi connectivity index (χ3v) is 4.70. The van der Waals surface area contributed by atoms with E-state index in [2.05, 4.69) is 0 Å². The summed E-state index contributed by atoms with van der Waals surface area (Å²) in [6, 6.07) is 5.51. The molecule has 0 aliphatic heterocycles. The van der Waals surface area contributed by atoms with Crippen LogP contribution >= 0.6 is 11.3 Å². The van der Waals surface area contributed by atoms with Gasteiger partial charge in [0.25, 0.3) is 10.0 Å². The number of benzene rings is 1. The molecule has 1 N–H and O–H groups in total. The second kappa shape index (κ2) is 4.42. The summed E-state index contributed by atoms with van der Waals surface area (Å²) in [6.45, 7) is 0. The number of hydrogen-bond acceptors (Lipinski definition) is 3. The second-order valence-corrected chi connectivity index (χ2v) is 6.02. The fraction of sp³-hybridized carbons (Fsp3) is 0. The average Bonchev–Trinajstić information content (AvgIpc) is 2.77. The Bertz CT molecular complexity index is 624. The van der Waals surface area contributed by atoms with Gasteiger partial charge >= 0.3 is 0 Å². The van der Waals surface area contributed by atoms with E-state index in [0.717, 1.165) is 29.5 Å². The molecule has 0 spiro atoms. The minimum absolute atomic E-state index is 0.0427. The van der Waals surface area contributed by atoms with Gasteiger partial charge in [0.2, 0.25) is 0 Å². The number of anilines is 1. The summed E-state index contributed by atoms with van der Waals surface area (Å²) in [5, 5.41) is 1.58. The summed E-state index contributed by atoms with van der Waals surface area (Å²) in [4.78, 5) is 0. The zero-order valence-corrected chi connectivity index (χ0v) is 9.99. The zero-order valence-electron chi connectivity index (χ0n) is 8.35. The highest BCUT2D eigenvalue weighted by Gasteiger charge is 2.17. The molecule has 0 saturated carbocycles. The first kappa shape index (κ1) is 12.0. The highest BCUT2D eigenvalue weighted by molar-refractivity contribution is 7.94. The normalized spacial score (nSPS) is 11.4. The number of hydrogen-bond donors (Lipinski definition) is 1. The fourth-order valence-electron chi connectivity index (χ4n) is 1.19. The van der Waals surface area contributed by atoms with E-state index in [-0.39, 0.29) is 4.21 Å². The Hall–Kier alpha value is -1.47. The Kier molecular flexibility index (Phi) is 3.12. The molecule has 0 fully saturated rings. The fourth-order valence-corrected chi connectivity index (χ4v) is 3.24. The molecule has 0 bridgehead atoms. The van der Waals surface area contributed by atoms with Crippen molar-refractivity contribution >= 4 is 27.0 Å². The van der Waals surface area contributed by atoms with Gasteiger partial charge in [0.1, 0.15) is 15.8 Å². The molecule has 0 unspecified atom stereocenters. The van der Waals surface area contributed by atoms with Crippen molar-refractivity contribution in [3.8, 4) is 0 Å². The molecule has 3 nitrogen and oxygen atoms in total. The van der Waals surface area contributed by atoms with Crippen LogP contribution in [0.3, 0.4) is 0 Å². The van der Waals surface area contributed by atoms with E-state index in [1.807, 2.05) is 4.72 Å². The van der Waals surface area contributed by atoms with E-state index in [0.29, 0.717) is 0 Å². The van der Waals surface area contributed by atoms with Crippen molar-refractivity contribution < 1.29 is 17.2 Å². The van der Waals surface area contributed by atoms with Crippen LogP contribution in [0.1, 0.15) is 0 Å². The topological polar surface area (TPSA) is 46.2 Å². The molecular formula is C10H7F2NO2S2. The summed E-state index contributed by atoms with van der Waals surface area (Å²) >= 11 is 0.993. The molecule has 1 heterocycles. The van der Waals surface area contributed by atoms with Gasteiger partial charge in [0.15, 0.2) is 0 Å². The first-order valence-corrected chi connectivity index (χ1v) is 6.87. The van der Waals surface area contributed by atoms with Gasteiger partial charge in [-0.2, -0.15) is 0 Å². The monoisotopic (exact) mass is 275 g/mol. The third-order valence-electron chi connectivity index (χ3n) is 1.93. The standard InChI is InChI=1S/C10H7F2NO2S2/c11-7-3-4-8(12)9(6-7)13-17(14,15)10-2-1-5-16-10/h1-6,13H. The van der Waals surface area contributed by atoms with Gasteiger partial charge in [-0.1, -0.05) is 6.07 Å². The van der Waals surface area contributed by atoms with Crippen LogP contribution in [0.5, 0.6) is 0 Å². The van der Waals surface area contributed by atoms with Gasteiger partial charge in [0, 0.05) is 6.07 Å². The molecule has 0 radical (unpaired) electrons. The van der Waals surface area contributed by atoms with Crippen LogP contribution in [0.2, 0.25) is 0 Å². The van der Waals surface area contributed by atoms with Gasteiger partial charge in [-0.15, -0.1) is 11.3 Å². The minimum Gasteiger partial charge on any atom is -0.276 e. The van der Waals surface area contributed by atoms with Crippen LogP contribution < -0.4 is 4.72 Å². The molecule has 0 aliphatic carbocycles. The summed E-state index contributed by atoms with van der Waals surface area (Å²) in [6.07, 6.45) is 0. The Balaban J connectivity index is 2.36. The lowest BCUT2D eigenvalue weighted by molar-refractivity contribution is 0.595. The maximum atomic E-state index is 13.3. The Morgan fingerprint density at radius 2 is 1.94 bits per heavy atom. The summed E-state index contributed by atoms with van der Waals surface area (Å²) in [5.41, 5.74) is -0.404. The first-order valence-electron chi connectivity index (χ1n) is 4.50. The molecule has 1 aromatic heterocycles. The van der Waals surface area contributed by atoms with Crippen molar-refractivity contribution in [1.82, 2.24) is 0 Å². The van der Waals surface area contributed by atoms with Crippen molar-refractivity contribution in [1.29, 1.82) is 0 Å². The van der Waals surface area contributed by atoms with E-state index >= 15 is 0 Å². The van der Waals surface area contributed by atoms with Gasteiger partial charge in [-0.25, -0.2) is 17.2 Å². The molecule has 0 amide bonds. The lowest BCUT2D eigenvalue weighted by Crippen LogP contribution is -2.12. The number of rotatable bonds is 3. The molecule has 0 saturated heterocycles. The van der Waals surface area contributed by atoms with E-state index < -0.39 is 27.3 Å². The van der Waals surface area contributed by atoms with Crippen molar-refractivity contribution in [2.24, 2.45) is 0 Å². The molecule has 90 valence electrons. The Morgan fingerprint density at radius 3 is 2.59 bits per heavy atom. The van der Waals surface area contributed by atoms with Crippen LogP contribution in [-0.4, -0.2) is 8.42 Å². The SMILES string of the molecule is O=S(=O)(Nc1cc(F)ccc1F)c1cccs1. The molecule has 17 heavy (non-hydrogen) atoms. The maximum absolute atomic E-state index is 13.3. The molecule has 7 heteroatoms. The molecule has 1 aromatic carbocycles. The van der Waals surface area contributed by atoms with Crippen LogP contribution in [0.25, 0.3) is 0 Å². The lowest BCUT2D eigenvalue weighted by Gasteiger charge is -2.07. The highest BCUT2D eigenvalue weighted by atomic mass is 32.2. The smallest absolute Gasteiger partial charge is 0.271 e. The third kappa shape index (κ3) is 2.62. The largest absolute Gasteiger partial charge is 0.276 e. The summed E-state index contributed by atoms with van der Waals surface area (Å²) in [7, 11) is -3.85. The second-order valence-electron chi connectivity index (χ2n) is 3.16. The van der Waals surface area contributed by atoms with Crippen LogP contribution in [0.15, 0.2) is 39.9 Å². The summed E-state index contributed by atoms with van der Waals surface area (Å²) in [5.74, 6) is -1.54. The molecule has 0 aliphatic rings. The first-order chi connectivity index (χ1) is 7.99. The Labute approximate surface area is 101 Å². The van der Waals surface area contributed by atoms with E-state index in [1.165, 1.54) is 6.07 Å². The van der Waals surface area contributed by atoms with Gasteiger partial charge in [0.05, 0.1) is 5.69 Å². The van der Waals surface area contributed by atoms with E-state index in [9.17, 15) is 17.2 Å². The van der Waals surface area contributed by atoms with Crippen molar-refractivity contribution in [2.45, 2.75) is 4.21 Å². The maximum Gasteiger partial charge on any atom is 0.271 e. The number of nitrogens with one attached hydrogen (secondary N) is 1.